The second-order valence-electron chi connectivity index (χ2n) is 10.7. The molecule has 3 N–H and O–H groups in total. The standard InChI is InChI=1S/C35H60NO8P/c1-3-5-7-9-11-13-14-15-16-17-18-20-22-24-26-28-35(38)44-33(32-43-45(39,40)42-30-29-36)31-41-34(37)27-25-23-21-19-12-10-8-6-4-2/h5,7,11,13,15-16,18,20,24,26,33H,3-4,6,8-10,12,14,17,19,21-23,25,27-32,36H2,1-2H3,(H,39,40)/b7-5-,13-11-,16-15-,20-18-,26-24-. The quantitative estimate of drug-likeness (QED) is 0.0338. The second kappa shape index (κ2) is 31.7. The van der Waals surface area contributed by atoms with E-state index in [2.05, 4.69) is 56.4 Å². The van der Waals surface area contributed by atoms with Crippen LogP contribution in [0.1, 0.15) is 117 Å². The second-order valence-corrected chi connectivity index (χ2v) is 12.1. The largest absolute Gasteiger partial charge is 0.472 e. The molecule has 0 aliphatic carbocycles. The maximum Gasteiger partial charge on any atom is 0.472 e. The number of rotatable bonds is 30. The number of phosphoric ester groups is 1. The van der Waals surface area contributed by atoms with Crippen LogP contribution in [0.25, 0.3) is 0 Å². The highest BCUT2D eigenvalue weighted by atomic mass is 31.2. The lowest BCUT2D eigenvalue weighted by Gasteiger charge is -2.19. The number of allylic oxidation sites excluding steroid dienone is 9. The topological polar surface area (TPSA) is 134 Å². The maximum absolute atomic E-state index is 12.4. The molecular weight excluding hydrogens is 593 g/mol. The van der Waals surface area contributed by atoms with Crippen molar-refractivity contribution in [3.63, 3.8) is 0 Å². The molecule has 0 aromatic heterocycles. The number of hydrogen-bond donors (Lipinski definition) is 2. The minimum atomic E-state index is -4.39. The highest BCUT2D eigenvalue weighted by Gasteiger charge is 2.25. The summed E-state index contributed by atoms with van der Waals surface area (Å²) < 4.78 is 32.3. The molecule has 0 fully saturated rings. The van der Waals surface area contributed by atoms with Crippen LogP contribution in [0.5, 0.6) is 0 Å². The predicted molar refractivity (Wildman–Crippen MR) is 183 cm³/mol. The summed E-state index contributed by atoms with van der Waals surface area (Å²) in [4.78, 5) is 34.4. The van der Waals surface area contributed by atoms with Crippen molar-refractivity contribution >= 4 is 19.8 Å². The van der Waals surface area contributed by atoms with Crippen molar-refractivity contribution in [2.45, 2.75) is 123 Å². The molecule has 9 nitrogen and oxygen atoms in total. The molecule has 0 radical (unpaired) electrons. The fourth-order valence-corrected chi connectivity index (χ4v) is 4.77. The van der Waals surface area contributed by atoms with Gasteiger partial charge in [0.15, 0.2) is 6.10 Å². The van der Waals surface area contributed by atoms with Gasteiger partial charge in [0.05, 0.1) is 19.6 Å². The highest BCUT2D eigenvalue weighted by Crippen LogP contribution is 2.43. The molecule has 0 aliphatic rings. The van der Waals surface area contributed by atoms with Crippen molar-refractivity contribution in [3.8, 4) is 0 Å². The van der Waals surface area contributed by atoms with Crippen molar-refractivity contribution in [2.75, 3.05) is 26.4 Å². The Hall–Kier alpha value is -2.29. The Balaban J connectivity index is 4.47. The molecule has 2 unspecified atom stereocenters. The van der Waals surface area contributed by atoms with Crippen molar-refractivity contribution < 1.29 is 37.6 Å². The van der Waals surface area contributed by atoms with Crippen LogP contribution < -0.4 is 5.73 Å². The van der Waals surface area contributed by atoms with E-state index >= 15 is 0 Å². The number of ether oxygens (including phenoxy) is 2. The van der Waals surface area contributed by atoms with E-state index in [4.69, 9.17) is 24.3 Å². The Morgan fingerprint density at radius 2 is 1.20 bits per heavy atom. The van der Waals surface area contributed by atoms with Crippen LogP contribution >= 0.6 is 7.82 Å². The molecular formula is C35H60NO8P. The Kier molecular flexibility index (Phi) is 30.1. The number of nitrogens with two attached hydrogens (primary N) is 1. The molecule has 0 aromatic rings. The van der Waals surface area contributed by atoms with E-state index in [1.165, 1.54) is 38.5 Å². The third kappa shape index (κ3) is 31.5. The molecule has 0 aliphatic heterocycles. The number of esters is 2. The molecule has 0 bridgehead atoms. The smallest absolute Gasteiger partial charge is 0.462 e. The van der Waals surface area contributed by atoms with Crippen molar-refractivity contribution in [1.82, 2.24) is 0 Å². The van der Waals surface area contributed by atoms with Crippen LogP contribution in [0, 0.1) is 0 Å². The summed E-state index contributed by atoms with van der Waals surface area (Å²) in [7, 11) is -4.39. The van der Waals surface area contributed by atoms with Gasteiger partial charge in [0.1, 0.15) is 6.61 Å². The number of hydrogen-bond acceptors (Lipinski definition) is 8. The SMILES string of the molecule is CC/C=C\C/C=C\C/C=C\C/C=C\C/C=C\CC(=O)OC(COC(=O)CCCCCCCCCCC)COP(=O)(O)OCCN. The van der Waals surface area contributed by atoms with E-state index in [1.807, 2.05) is 12.2 Å². The van der Waals surface area contributed by atoms with Crippen LogP contribution in [-0.2, 0) is 32.7 Å². The summed E-state index contributed by atoms with van der Waals surface area (Å²) >= 11 is 0. The average molecular weight is 654 g/mol. The molecule has 0 heterocycles. The molecule has 0 saturated heterocycles. The van der Waals surface area contributed by atoms with Gasteiger partial charge in [-0.2, -0.15) is 0 Å². The van der Waals surface area contributed by atoms with Gasteiger partial charge in [0.2, 0.25) is 0 Å². The van der Waals surface area contributed by atoms with E-state index in [9.17, 15) is 19.0 Å². The summed E-state index contributed by atoms with van der Waals surface area (Å²) in [5, 5.41) is 0. The van der Waals surface area contributed by atoms with E-state index in [0.717, 1.165) is 44.9 Å². The van der Waals surface area contributed by atoms with Gasteiger partial charge in [-0.1, -0.05) is 126 Å². The lowest BCUT2D eigenvalue weighted by molar-refractivity contribution is -0.160. The van der Waals surface area contributed by atoms with Crippen LogP contribution in [0.15, 0.2) is 60.8 Å². The third-order valence-electron chi connectivity index (χ3n) is 6.45. The summed E-state index contributed by atoms with van der Waals surface area (Å²) in [5.74, 6) is -0.987. The van der Waals surface area contributed by atoms with Crippen LogP contribution in [-0.4, -0.2) is 49.3 Å². The van der Waals surface area contributed by atoms with E-state index < -0.39 is 32.5 Å². The summed E-state index contributed by atoms with van der Waals surface area (Å²) in [5.41, 5.74) is 5.30. The fraction of sp³-hybridized carbons (Fsp3) is 0.657. The van der Waals surface area contributed by atoms with Crippen LogP contribution in [0.4, 0.5) is 0 Å². The third-order valence-corrected chi connectivity index (χ3v) is 7.44. The van der Waals surface area contributed by atoms with Crippen LogP contribution in [0.2, 0.25) is 0 Å². The normalized spacial score (nSPS) is 14.3. The fourth-order valence-electron chi connectivity index (χ4n) is 4.00. The Bertz CT molecular complexity index is 929. The molecule has 2 atom stereocenters. The van der Waals surface area contributed by atoms with E-state index in [-0.39, 0.29) is 32.6 Å². The number of phosphoric acid groups is 1. The monoisotopic (exact) mass is 653 g/mol. The first-order valence-corrected chi connectivity index (χ1v) is 18.3. The minimum absolute atomic E-state index is 0.00310. The van der Waals surface area contributed by atoms with Crippen molar-refractivity contribution in [1.29, 1.82) is 0 Å². The van der Waals surface area contributed by atoms with Gasteiger partial charge >= 0.3 is 19.8 Å². The predicted octanol–water partition coefficient (Wildman–Crippen LogP) is 8.60. The molecule has 0 aromatic carbocycles. The number of carbonyl (C=O) groups excluding carboxylic acids is 2. The minimum Gasteiger partial charge on any atom is -0.462 e. The molecule has 0 spiro atoms. The van der Waals surface area contributed by atoms with Gasteiger partial charge in [-0.3, -0.25) is 18.6 Å². The Morgan fingerprint density at radius 3 is 1.73 bits per heavy atom. The summed E-state index contributed by atoms with van der Waals surface area (Å²) in [6, 6.07) is 0. The van der Waals surface area contributed by atoms with E-state index in [1.54, 1.807) is 6.08 Å². The first-order valence-electron chi connectivity index (χ1n) is 16.8. The molecule has 0 amide bonds. The molecule has 0 rings (SSSR count). The number of carbonyl (C=O) groups is 2. The van der Waals surface area contributed by atoms with Gasteiger partial charge in [0.25, 0.3) is 0 Å². The van der Waals surface area contributed by atoms with Gasteiger partial charge in [-0.25, -0.2) is 4.57 Å². The van der Waals surface area contributed by atoms with Gasteiger partial charge in [0, 0.05) is 13.0 Å². The summed E-state index contributed by atoms with van der Waals surface area (Å²) in [6.45, 7) is 3.44. The van der Waals surface area contributed by atoms with E-state index in [0.29, 0.717) is 6.42 Å². The number of unbranched alkanes of at least 4 members (excludes halogenated alkanes) is 8. The molecule has 10 heteroatoms. The molecule has 0 saturated carbocycles. The zero-order valence-corrected chi connectivity index (χ0v) is 28.7. The van der Waals surface area contributed by atoms with Crippen molar-refractivity contribution in [2.24, 2.45) is 5.73 Å². The molecule has 258 valence electrons. The maximum atomic E-state index is 12.4. The Morgan fingerprint density at radius 1 is 0.689 bits per heavy atom. The molecule has 45 heavy (non-hydrogen) atoms. The summed E-state index contributed by atoms with van der Waals surface area (Å²) in [6.07, 6.45) is 34.3. The van der Waals surface area contributed by atoms with Gasteiger partial charge in [-0.15, -0.1) is 0 Å². The van der Waals surface area contributed by atoms with Gasteiger partial charge < -0.3 is 20.1 Å². The first kappa shape index (κ1) is 42.7. The lowest BCUT2D eigenvalue weighted by Crippen LogP contribution is -2.29. The highest BCUT2D eigenvalue weighted by molar-refractivity contribution is 7.47. The van der Waals surface area contributed by atoms with Crippen molar-refractivity contribution in [3.05, 3.63) is 60.8 Å². The average Bonchev–Trinajstić information content (AvgIpc) is 3.02. The van der Waals surface area contributed by atoms with Crippen LogP contribution in [0.3, 0.4) is 0 Å². The van der Waals surface area contributed by atoms with Gasteiger partial charge in [-0.05, 0) is 38.5 Å². The first-order chi connectivity index (χ1) is 21.8. The lowest BCUT2D eigenvalue weighted by atomic mass is 10.1. The zero-order valence-electron chi connectivity index (χ0n) is 27.8. The zero-order chi connectivity index (χ0) is 33.3. The Labute approximate surface area is 272 Å².